The first-order chi connectivity index (χ1) is 10.1. The first-order valence-corrected chi connectivity index (χ1v) is 6.29. The number of benzene rings is 2. The Morgan fingerprint density at radius 2 is 1.71 bits per heavy atom. The van der Waals surface area contributed by atoms with Crippen LogP contribution in [0.4, 0.5) is 8.78 Å². The number of nitriles is 1. The van der Waals surface area contributed by atoms with E-state index in [1.165, 1.54) is 0 Å². The van der Waals surface area contributed by atoms with Gasteiger partial charge in [-0.05, 0) is 36.2 Å². The maximum Gasteiger partial charge on any atom is 0.198 e. The zero-order valence-electron chi connectivity index (χ0n) is 11.4. The number of halogens is 2. The van der Waals surface area contributed by atoms with Crippen LogP contribution in [0.25, 0.3) is 0 Å². The lowest BCUT2D eigenvalue weighted by Crippen LogP contribution is -1.96. The third-order valence-corrected chi connectivity index (χ3v) is 2.87. The molecule has 2 aromatic rings. The second-order valence-corrected chi connectivity index (χ2v) is 4.37. The Kier molecular flexibility index (Phi) is 4.85. The van der Waals surface area contributed by atoms with Gasteiger partial charge in [-0.2, -0.15) is 5.26 Å². The van der Waals surface area contributed by atoms with Crippen molar-refractivity contribution < 1.29 is 18.3 Å². The minimum absolute atomic E-state index is 0.0905. The molecule has 0 bridgehead atoms. The molecule has 0 saturated carbocycles. The molecule has 3 nitrogen and oxygen atoms in total. The second kappa shape index (κ2) is 6.82. The molecule has 0 aliphatic carbocycles. The Morgan fingerprint density at radius 1 is 1.10 bits per heavy atom. The molecule has 0 atom stereocenters. The van der Waals surface area contributed by atoms with Gasteiger partial charge >= 0.3 is 0 Å². The summed E-state index contributed by atoms with van der Waals surface area (Å²) in [5.41, 5.74) is 0.942. The highest BCUT2D eigenvalue weighted by Gasteiger charge is 2.13. The molecule has 2 rings (SSSR count). The van der Waals surface area contributed by atoms with Crippen molar-refractivity contribution in [2.45, 2.75) is 6.42 Å². The number of rotatable bonds is 5. The van der Waals surface area contributed by atoms with Crippen molar-refractivity contribution in [3.8, 4) is 17.6 Å². The minimum atomic E-state index is -0.907. The standard InChI is InChI=1S/C16H13F2NO2/c1-20-7-6-11-2-4-13(5-3-11)21-16-14(17)8-12(10-19)9-15(16)18/h2-5,8-9H,6-7H2,1H3. The van der Waals surface area contributed by atoms with E-state index in [0.717, 1.165) is 24.1 Å². The minimum Gasteiger partial charge on any atom is -0.451 e. The number of hydrogen-bond acceptors (Lipinski definition) is 3. The normalized spacial score (nSPS) is 10.2. The highest BCUT2D eigenvalue weighted by Crippen LogP contribution is 2.28. The van der Waals surface area contributed by atoms with Gasteiger partial charge in [0.05, 0.1) is 18.2 Å². The molecule has 2 aromatic carbocycles. The Morgan fingerprint density at radius 3 is 2.24 bits per heavy atom. The molecule has 0 spiro atoms. The molecule has 0 unspecified atom stereocenters. The van der Waals surface area contributed by atoms with Crippen LogP contribution in [0.15, 0.2) is 36.4 Å². The van der Waals surface area contributed by atoms with E-state index in [4.69, 9.17) is 14.7 Å². The van der Waals surface area contributed by atoms with Crippen LogP contribution >= 0.6 is 0 Å². The summed E-state index contributed by atoms with van der Waals surface area (Å²) >= 11 is 0. The highest BCUT2D eigenvalue weighted by molar-refractivity contribution is 5.40. The van der Waals surface area contributed by atoms with E-state index in [-0.39, 0.29) is 5.56 Å². The molecule has 0 fully saturated rings. The molecule has 21 heavy (non-hydrogen) atoms. The van der Waals surface area contributed by atoms with Crippen molar-refractivity contribution in [2.75, 3.05) is 13.7 Å². The summed E-state index contributed by atoms with van der Waals surface area (Å²) in [6.07, 6.45) is 0.746. The van der Waals surface area contributed by atoms with Crippen LogP contribution in [0, 0.1) is 23.0 Å². The summed E-state index contributed by atoms with van der Waals surface area (Å²) in [6.45, 7) is 0.596. The molecule has 0 N–H and O–H groups in total. The molecular weight excluding hydrogens is 276 g/mol. The molecule has 0 aliphatic rings. The van der Waals surface area contributed by atoms with Crippen LogP contribution in [0.5, 0.6) is 11.5 Å². The molecule has 0 aromatic heterocycles. The summed E-state index contributed by atoms with van der Waals surface area (Å²) in [5, 5.41) is 8.63. The van der Waals surface area contributed by atoms with Gasteiger partial charge in [-0.15, -0.1) is 0 Å². The molecule has 108 valence electrons. The number of methoxy groups -OCH3 is 1. The van der Waals surface area contributed by atoms with Crippen LogP contribution in [0.2, 0.25) is 0 Å². The Hall–Kier alpha value is -2.45. The van der Waals surface area contributed by atoms with Crippen LogP contribution < -0.4 is 4.74 Å². The van der Waals surface area contributed by atoms with Crippen LogP contribution in [-0.4, -0.2) is 13.7 Å². The molecule has 0 amide bonds. The van der Waals surface area contributed by atoms with Gasteiger partial charge in [-0.25, -0.2) is 8.78 Å². The van der Waals surface area contributed by atoms with Crippen molar-refractivity contribution in [2.24, 2.45) is 0 Å². The summed E-state index contributed by atoms with van der Waals surface area (Å²) in [4.78, 5) is 0. The lowest BCUT2D eigenvalue weighted by atomic mass is 10.1. The maximum atomic E-state index is 13.7. The van der Waals surface area contributed by atoms with Crippen molar-refractivity contribution in [3.05, 3.63) is 59.2 Å². The Labute approximate surface area is 121 Å². The lowest BCUT2D eigenvalue weighted by Gasteiger charge is -2.09. The average Bonchev–Trinajstić information content (AvgIpc) is 2.49. The second-order valence-electron chi connectivity index (χ2n) is 4.37. The molecule has 5 heteroatoms. The number of ether oxygens (including phenoxy) is 2. The Bertz CT molecular complexity index is 640. The first-order valence-electron chi connectivity index (χ1n) is 6.29. The van der Waals surface area contributed by atoms with E-state index in [2.05, 4.69) is 0 Å². The SMILES string of the molecule is COCCc1ccc(Oc2c(F)cc(C#N)cc2F)cc1. The topological polar surface area (TPSA) is 42.2 Å². The van der Waals surface area contributed by atoms with Crippen molar-refractivity contribution in [3.63, 3.8) is 0 Å². The monoisotopic (exact) mass is 289 g/mol. The lowest BCUT2D eigenvalue weighted by molar-refractivity contribution is 0.202. The van der Waals surface area contributed by atoms with Gasteiger partial charge in [0.15, 0.2) is 17.4 Å². The largest absolute Gasteiger partial charge is 0.451 e. The third-order valence-electron chi connectivity index (χ3n) is 2.87. The highest BCUT2D eigenvalue weighted by atomic mass is 19.1. The van der Waals surface area contributed by atoms with E-state index in [9.17, 15) is 8.78 Å². The van der Waals surface area contributed by atoms with Crippen molar-refractivity contribution in [1.82, 2.24) is 0 Å². The van der Waals surface area contributed by atoms with Crippen LogP contribution in [0.3, 0.4) is 0 Å². The zero-order valence-corrected chi connectivity index (χ0v) is 11.4. The van der Waals surface area contributed by atoms with Crippen molar-refractivity contribution >= 4 is 0 Å². The summed E-state index contributed by atoms with van der Waals surface area (Å²) in [6, 6.07) is 10.4. The molecule has 0 heterocycles. The van der Waals surface area contributed by atoms with E-state index in [0.29, 0.717) is 12.4 Å². The van der Waals surface area contributed by atoms with E-state index in [1.807, 2.05) is 0 Å². The summed E-state index contributed by atoms with van der Waals surface area (Å²) in [5.74, 6) is -2.01. The summed E-state index contributed by atoms with van der Waals surface area (Å²) < 4.78 is 37.6. The van der Waals surface area contributed by atoms with Gasteiger partial charge in [0.1, 0.15) is 5.75 Å². The summed E-state index contributed by atoms with van der Waals surface area (Å²) in [7, 11) is 1.62. The van der Waals surface area contributed by atoms with Gasteiger partial charge in [-0.3, -0.25) is 0 Å². The van der Waals surface area contributed by atoms with Gasteiger partial charge in [0, 0.05) is 7.11 Å². The van der Waals surface area contributed by atoms with Gasteiger partial charge in [0.2, 0.25) is 0 Å². The van der Waals surface area contributed by atoms with E-state index < -0.39 is 17.4 Å². The predicted octanol–water partition coefficient (Wildman–Crippen LogP) is 3.82. The quantitative estimate of drug-likeness (QED) is 0.840. The van der Waals surface area contributed by atoms with Crippen LogP contribution in [0.1, 0.15) is 11.1 Å². The fourth-order valence-electron chi connectivity index (χ4n) is 1.78. The van der Waals surface area contributed by atoms with Crippen LogP contribution in [-0.2, 0) is 11.2 Å². The predicted molar refractivity (Wildman–Crippen MR) is 73.2 cm³/mol. The Balaban J connectivity index is 2.17. The molecule has 0 radical (unpaired) electrons. The van der Waals surface area contributed by atoms with E-state index >= 15 is 0 Å². The molecular formula is C16H13F2NO2. The van der Waals surface area contributed by atoms with Gasteiger partial charge in [0.25, 0.3) is 0 Å². The van der Waals surface area contributed by atoms with Gasteiger partial charge in [-0.1, -0.05) is 12.1 Å². The molecule has 0 aliphatic heterocycles. The fourth-order valence-corrected chi connectivity index (χ4v) is 1.78. The average molecular weight is 289 g/mol. The fraction of sp³-hybridized carbons (Fsp3) is 0.188. The smallest absolute Gasteiger partial charge is 0.198 e. The number of hydrogen-bond donors (Lipinski definition) is 0. The zero-order chi connectivity index (χ0) is 15.2. The number of nitrogens with zero attached hydrogens (tertiary/aromatic N) is 1. The van der Waals surface area contributed by atoms with E-state index in [1.54, 1.807) is 37.4 Å². The molecule has 0 saturated heterocycles. The van der Waals surface area contributed by atoms with Gasteiger partial charge < -0.3 is 9.47 Å². The van der Waals surface area contributed by atoms with Crippen molar-refractivity contribution in [1.29, 1.82) is 5.26 Å². The maximum absolute atomic E-state index is 13.7. The first kappa shape index (κ1) is 14.9. The third kappa shape index (κ3) is 3.77.